The normalized spacial score (nSPS) is 25.7. The molecule has 33 heavy (non-hydrogen) atoms. The molecule has 2 aromatic heterocycles. The smallest absolute Gasteiger partial charge is 0.267 e. The van der Waals surface area contributed by atoms with Crippen LogP contribution in [-0.2, 0) is 4.79 Å². The van der Waals surface area contributed by atoms with E-state index in [0.717, 1.165) is 50.8 Å². The molecule has 2 aromatic rings. The van der Waals surface area contributed by atoms with Crippen LogP contribution < -0.4 is 10.5 Å². The number of hydrogen-bond acceptors (Lipinski definition) is 6. The van der Waals surface area contributed by atoms with Crippen molar-refractivity contribution in [3.63, 3.8) is 0 Å². The number of amides is 1. The standard InChI is InChI=1S/C25H30N4O2S2/c1-15-11-16(2)14-27(13-15)22-19(23(30)28-10-6-7-17(3)21(28)26-22)12-20-24(31)29(25(32)33-20)18-8-4-5-9-18/h6-7,10,12,15-16,18H,4-5,8-9,11,13-14H2,1-3H3/b20-12+/t15-,16+. The molecule has 1 saturated carbocycles. The number of aromatic nitrogens is 2. The number of fused-ring (bicyclic) bond motifs is 1. The lowest BCUT2D eigenvalue weighted by Crippen LogP contribution is -2.41. The summed E-state index contributed by atoms with van der Waals surface area (Å²) in [5, 5.41) is 0. The molecule has 6 nitrogen and oxygen atoms in total. The molecule has 1 amide bonds. The number of thiocarbonyl (C=S) groups is 1. The molecule has 0 aromatic carbocycles. The molecule has 4 heterocycles. The van der Waals surface area contributed by atoms with Gasteiger partial charge in [-0.2, -0.15) is 0 Å². The number of nitrogens with zero attached hydrogens (tertiary/aromatic N) is 4. The minimum Gasteiger partial charge on any atom is -0.355 e. The van der Waals surface area contributed by atoms with E-state index in [1.165, 1.54) is 11.8 Å². The van der Waals surface area contributed by atoms with Gasteiger partial charge in [-0.1, -0.05) is 56.7 Å². The van der Waals surface area contributed by atoms with Gasteiger partial charge in [0, 0.05) is 25.3 Å². The van der Waals surface area contributed by atoms with Crippen LogP contribution in [0.15, 0.2) is 28.0 Å². The van der Waals surface area contributed by atoms with Gasteiger partial charge in [-0.25, -0.2) is 4.98 Å². The van der Waals surface area contributed by atoms with E-state index >= 15 is 0 Å². The Kier molecular flexibility index (Phi) is 6.07. The molecule has 5 rings (SSSR count). The average Bonchev–Trinajstić information content (AvgIpc) is 3.37. The predicted octanol–water partition coefficient (Wildman–Crippen LogP) is 4.63. The van der Waals surface area contributed by atoms with Crippen LogP contribution in [0.1, 0.15) is 57.1 Å². The summed E-state index contributed by atoms with van der Waals surface area (Å²) in [5.74, 6) is 1.63. The zero-order valence-electron chi connectivity index (χ0n) is 19.4. The molecule has 0 spiro atoms. The minimum absolute atomic E-state index is 0.0723. The molecule has 0 bridgehead atoms. The van der Waals surface area contributed by atoms with Gasteiger partial charge in [-0.15, -0.1) is 0 Å². The maximum absolute atomic E-state index is 13.7. The highest BCUT2D eigenvalue weighted by molar-refractivity contribution is 8.26. The van der Waals surface area contributed by atoms with Crippen LogP contribution in [0.4, 0.5) is 5.82 Å². The second-order valence-corrected chi connectivity index (χ2v) is 11.6. The van der Waals surface area contributed by atoms with Gasteiger partial charge >= 0.3 is 0 Å². The van der Waals surface area contributed by atoms with E-state index in [2.05, 4.69) is 18.7 Å². The summed E-state index contributed by atoms with van der Waals surface area (Å²) in [5.41, 5.74) is 1.95. The maximum atomic E-state index is 13.7. The molecule has 2 atom stereocenters. The first kappa shape index (κ1) is 22.6. The fourth-order valence-corrected chi connectivity index (χ4v) is 6.97. The lowest BCUT2D eigenvalue weighted by Gasteiger charge is -2.36. The molecule has 3 fully saturated rings. The Morgan fingerprint density at radius 1 is 1.15 bits per heavy atom. The van der Waals surface area contributed by atoms with Gasteiger partial charge in [0.05, 0.1) is 10.5 Å². The number of carbonyl (C=O) groups is 1. The lowest BCUT2D eigenvalue weighted by molar-refractivity contribution is -0.123. The van der Waals surface area contributed by atoms with Crippen LogP contribution in [0.5, 0.6) is 0 Å². The Morgan fingerprint density at radius 2 is 1.85 bits per heavy atom. The van der Waals surface area contributed by atoms with E-state index in [0.29, 0.717) is 38.1 Å². The Labute approximate surface area is 204 Å². The second-order valence-electron chi connectivity index (χ2n) is 9.88. The molecule has 174 valence electrons. The van der Waals surface area contributed by atoms with E-state index in [1.54, 1.807) is 21.6 Å². The van der Waals surface area contributed by atoms with Gasteiger partial charge < -0.3 is 4.90 Å². The number of anilines is 1. The number of rotatable bonds is 3. The summed E-state index contributed by atoms with van der Waals surface area (Å²) < 4.78 is 2.20. The number of aryl methyl sites for hydroxylation is 1. The third-order valence-corrected chi connectivity index (χ3v) is 8.35. The summed E-state index contributed by atoms with van der Waals surface area (Å²) >= 11 is 6.89. The van der Waals surface area contributed by atoms with Crippen LogP contribution in [-0.4, -0.2) is 43.6 Å². The van der Waals surface area contributed by atoms with Crippen molar-refractivity contribution >= 4 is 51.7 Å². The first-order chi connectivity index (χ1) is 15.8. The zero-order valence-corrected chi connectivity index (χ0v) is 21.0. The third kappa shape index (κ3) is 4.12. The monoisotopic (exact) mass is 482 g/mol. The zero-order chi connectivity index (χ0) is 23.3. The predicted molar refractivity (Wildman–Crippen MR) is 139 cm³/mol. The van der Waals surface area contributed by atoms with Crippen molar-refractivity contribution in [2.75, 3.05) is 18.0 Å². The number of hydrogen-bond donors (Lipinski definition) is 0. The Morgan fingerprint density at radius 3 is 2.55 bits per heavy atom. The molecule has 1 aliphatic carbocycles. The van der Waals surface area contributed by atoms with Crippen molar-refractivity contribution in [2.24, 2.45) is 11.8 Å². The van der Waals surface area contributed by atoms with Crippen LogP contribution >= 0.6 is 24.0 Å². The fraction of sp³-hybridized carbons (Fsp3) is 0.520. The van der Waals surface area contributed by atoms with Crippen molar-refractivity contribution in [2.45, 2.75) is 58.9 Å². The lowest BCUT2D eigenvalue weighted by atomic mass is 9.91. The number of thioether (sulfide) groups is 1. The number of carbonyl (C=O) groups excluding carboxylic acids is 1. The third-order valence-electron chi connectivity index (χ3n) is 7.02. The molecular weight excluding hydrogens is 452 g/mol. The average molecular weight is 483 g/mol. The van der Waals surface area contributed by atoms with Crippen LogP contribution in [0.2, 0.25) is 0 Å². The topological polar surface area (TPSA) is 57.9 Å². The van der Waals surface area contributed by atoms with Crippen molar-refractivity contribution in [3.8, 4) is 0 Å². The van der Waals surface area contributed by atoms with Gasteiger partial charge in [-0.05, 0) is 55.7 Å². The highest BCUT2D eigenvalue weighted by Gasteiger charge is 2.38. The summed E-state index contributed by atoms with van der Waals surface area (Å²) in [4.78, 5) is 36.6. The first-order valence-electron chi connectivity index (χ1n) is 11.9. The van der Waals surface area contributed by atoms with E-state index < -0.39 is 0 Å². The summed E-state index contributed by atoms with van der Waals surface area (Å²) in [7, 11) is 0. The molecule has 2 aliphatic heterocycles. The maximum Gasteiger partial charge on any atom is 0.267 e. The molecule has 0 radical (unpaired) electrons. The highest BCUT2D eigenvalue weighted by Crippen LogP contribution is 2.38. The van der Waals surface area contributed by atoms with Crippen molar-refractivity contribution in [1.82, 2.24) is 14.3 Å². The van der Waals surface area contributed by atoms with E-state index in [1.807, 2.05) is 19.1 Å². The molecule has 0 N–H and O–H groups in total. The van der Waals surface area contributed by atoms with Crippen molar-refractivity contribution in [3.05, 3.63) is 44.7 Å². The van der Waals surface area contributed by atoms with Crippen molar-refractivity contribution < 1.29 is 4.79 Å². The van der Waals surface area contributed by atoms with Gasteiger partial charge in [0.25, 0.3) is 11.5 Å². The first-order valence-corrected chi connectivity index (χ1v) is 13.1. The van der Waals surface area contributed by atoms with Gasteiger partial charge in [0.15, 0.2) is 0 Å². The molecular formula is C25H30N4O2S2. The number of piperidine rings is 1. The van der Waals surface area contributed by atoms with E-state index in [9.17, 15) is 9.59 Å². The molecule has 3 aliphatic rings. The summed E-state index contributed by atoms with van der Waals surface area (Å²) in [6.07, 6.45) is 8.91. The molecule has 2 saturated heterocycles. The SMILES string of the molecule is Cc1cccn2c(=O)c(/C=C3/SC(=S)N(C4CCCC4)C3=O)c(N3C[C@H](C)C[C@H](C)C3)nc12. The van der Waals surface area contributed by atoms with E-state index in [4.69, 9.17) is 17.2 Å². The van der Waals surface area contributed by atoms with Crippen molar-refractivity contribution in [1.29, 1.82) is 0 Å². The van der Waals surface area contributed by atoms with Gasteiger partial charge in [0.1, 0.15) is 15.8 Å². The summed E-state index contributed by atoms with van der Waals surface area (Å²) in [6.45, 7) is 8.16. The van der Waals surface area contributed by atoms with E-state index in [-0.39, 0.29) is 17.5 Å². The largest absolute Gasteiger partial charge is 0.355 e. The van der Waals surface area contributed by atoms with Gasteiger partial charge in [0.2, 0.25) is 0 Å². The second kappa shape index (κ2) is 8.87. The minimum atomic E-state index is -0.143. The van der Waals surface area contributed by atoms with Crippen LogP contribution in [0.25, 0.3) is 11.7 Å². The van der Waals surface area contributed by atoms with Gasteiger partial charge in [-0.3, -0.25) is 18.9 Å². The Bertz CT molecular complexity index is 1200. The van der Waals surface area contributed by atoms with Crippen LogP contribution in [0.3, 0.4) is 0 Å². The van der Waals surface area contributed by atoms with Crippen LogP contribution in [0, 0.1) is 18.8 Å². The quantitative estimate of drug-likeness (QED) is 0.470. The molecule has 0 unspecified atom stereocenters. The Balaban J connectivity index is 1.64. The molecule has 8 heteroatoms. The number of pyridine rings is 1. The highest BCUT2D eigenvalue weighted by atomic mass is 32.2. The summed E-state index contributed by atoms with van der Waals surface area (Å²) in [6, 6.07) is 4.02. The Hall–Kier alpha value is -2.19. The fourth-order valence-electron chi connectivity index (χ4n) is 5.59.